The minimum absolute atomic E-state index is 0.243. The summed E-state index contributed by atoms with van der Waals surface area (Å²) in [6, 6.07) is 8.24. The van der Waals surface area contributed by atoms with Gasteiger partial charge in [0.15, 0.2) is 0 Å². The van der Waals surface area contributed by atoms with Crippen molar-refractivity contribution in [1.29, 1.82) is 0 Å². The number of anilines is 3. The summed E-state index contributed by atoms with van der Waals surface area (Å²) in [5.41, 5.74) is 3.40. The maximum absolute atomic E-state index is 11.1. The van der Waals surface area contributed by atoms with Gasteiger partial charge in [0.1, 0.15) is 17.5 Å². The van der Waals surface area contributed by atoms with Crippen LogP contribution in [-0.2, 0) is 4.79 Å². The average Bonchev–Trinajstić information content (AvgIpc) is 2.53. The number of piperidine rings is 1. The van der Waals surface area contributed by atoms with Gasteiger partial charge in [-0.2, -0.15) is 0 Å². The molecule has 0 atom stereocenters. The van der Waals surface area contributed by atoms with Crippen LogP contribution in [0.2, 0.25) is 0 Å². The number of aromatic nitrogens is 2. The molecule has 132 valence electrons. The van der Waals surface area contributed by atoms with Crippen LogP contribution in [0.5, 0.6) is 0 Å². The number of nitrogens with one attached hydrogen (secondary N) is 1. The Hall–Kier alpha value is -2.63. The number of rotatable bonds is 4. The van der Waals surface area contributed by atoms with Crippen LogP contribution in [0.15, 0.2) is 24.3 Å². The second-order valence-corrected chi connectivity index (χ2v) is 6.76. The van der Waals surface area contributed by atoms with Crippen molar-refractivity contribution in [3.05, 3.63) is 41.2 Å². The highest BCUT2D eigenvalue weighted by Crippen LogP contribution is 2.25. The molecule has 0 aliphatic carbocycles. The highest BCUT2D eigenvalue weighted by Gasteiger charge is 2.25. The fraction of sp³-hybridized carbons (Fsp3) is 0.421. The molecule has 1 saturated heterocycles. The van der Waals surface area contributed by atoms with E-state index in [1.165, 1.54) is 11.1 Å². The molecule has 2 N–H and O–H groups in total. The first-order valence-electron chi connectivity index (χ1n) is 8.59. The van der Waals surface area contributed by atoms with Crippen molar-refractivity contribution >= 4 is 23.3 Å². The van der Waals surface area contributed by atoms with Crippen LogP contribution in [0.3, 0.4) is 0 Å². The molecule has 0 radical (unpaired) electrons. The molecule has 0 unspecified atom stereocenters. The summed E-state index contributed by atoms with van der Waals surface area (Å²) >= 11 is 0. The second-order valence-electron chi connectivity index (χ2n) is 6.76. The lowest BCUT2D eigenvalue weighted by molar-refractivity contribution is -0.142. The summed E-state index contributed by atoms with van der Waals surface area (Å²) in [5, 5.41) is 12.5. The quantitative estimate of drug-likeness (QED) is 0.887. The molecule has 2 aromatic rings. The predicted molar refractivity (Wildman–Crippen MR) is 98.5 cm³/mol. The van der Waals surface area contributed by atoms with Crippen molar-refractivity contribution in [1.82, 2.24) is 9.97 Å². The number of hydrogen-bond donors (Lipinski definition) is 2. The lowest BCUT2D eigenvalue weighted by Gasteiger charge is -2.31. The summed E-state index contributed by atoms with van der Waals surface area (Å²) in [7, 11) is 0. The molecule has 0 spiro atoms. The Morgan fingerprint density at radius 1 is 1.08 bits per heavy atom. The topological polar surface area (TPSA) is 78.4 Å². The summed E-state index contributed by atoms with van der Waals surface area (Å²) < 4.78 is 0. The van der Waals surface area contributed by atoms with Crippen LogP contribution in [0.25, 0.3) is 0 Å². The molecular weight excluding hydrogens is 316 g/mol. The number of nitrogens with zero attached hydrogens (tertiary/aromatic N) is 3. The van der Waals surface area contributed by atoms with Gasteiger partial charge in [-0.15, -0.1) is 0 Å². The van der Waals surface area contributed by atoms with Gasteiger partial charge in [-0.05, 0) is 56.9 Å². The first-order valence-corrected chi connectivity index (χ1v) is 8.59. The number of benzene rings is 1. The van der Waals surface area contributed by atoms with E-state index < -0.39 is 5.97 Å². The number of carboxylic acid groups (broad SMARTS) is 1. The minimum Gasteiger partial charge on any atom is -0.481 e. The van der Waals surface area contributed by atoms with E-state index in [-0.39, 0.29) is 5.92 Å². The number of carboxylic acids is 1. The summed E-state index contributed by atoms with van der Waals surface area (Å²) in [4.78, 5) is 22.3. The van der Waals surface area contributed by atoms with Crippen molar-refractivity contribution in [3.8, 4) is 0 Å². The molecule has 1 aromatic carbocycles. The molecule has 6 nitrogen and oxygen atoms in total. The lowest BCUT2D eigenvalue weighted by atomic mass is 9.97. The van der Waals surface area contributed by atoms with Gasteiger partial charge in [-0.1, -0.05) is 6.07 Å². The zero-order valence-electron chi connectivity index (χ0n) is 14.9. The van der Waals surface area contributed by atoms with Gasteiger partial charge in [0, 0.05) is 24.8 Å². The molecule has 1 aromatic heterocycles. The SMILES string of the molecule is Cc1cc(C)cc(Nc2cc(N3CCC(C(=O)O)CC3)nc(C)n2)c1. The standard InChI is InChI=1S/C19H24N4O2/c1-12-8-13(2)10-16(9-12)22-17-11-18(21-14(3)20-17)23-6-4-15(5-7-23)19(24)25/h8-11,15H,4-7H2,1-3H3,(H,24,25)(H,20,21,22). The molecule has 0 bridgehead atoms. The molecule has 1 fully saturated rings. The zero-order valence-corrected chi connectivity index (χ0v) is 14.9. The van der Waals surface area contributed by atoms with Crippen LogP contribution in [0, 0.1) is 26.7 Å². The van der Waals surface area contributed by atoms with Crippen molar-refractivity contribution in [2.75, 3.05) is 23.3 Å². The number of carbonyl (C=O) groups is 1. The Bertz CT molecular complexity index is 763. The summed E-state index contributed by atoms with van der Waals surface area (Å²) in [6.45, 7) is 7.43. The third kappa shape index (κ3) is 4.26. The van der Waals surface area contributed by atoms with Gasteiger partial charge in [0.25, 0.3) is 0 Å². The van der Waals surface area contributed by atoms with Gasteiger partial charge in [0.05, 0.1) is 5.92 Å². The monoisotopic (exact) mass is 340 g/mol. The van der Waals surface area contributed by atoms with Crippen LogP contribution < -0.4 is 10.2 Å². The second kappa shape index (κ2) is 7.09. The van der Waals surface area contributed by atoms with E-state index in [9.17, 15) is 4.79 Å². The fourth-order valence-electron chi connectivity index (χ4n) is 3.33. The zero-order chi connectivity index (χ0) is 18.0. The smallest absolute Gasteiger partial charge is 0.306 e. The molecule has 1 aliphatic heterocycles. The van der Waals surface area contributed by atoms with Gasteiger partial charge in [0.2, 0.25) is 0 Å². The Kier molecular flexibility index (Phi) is 4.88. The van der Waals surface area contributed by atoms with E-state index in [0.29, 0.717) is 31.8 Å². The van der Waals surface area contributed by atoms with Gasteiger partial charge in [-0.3, -0.25) is 4.79 Å². The van der Waals surface area contributed by atoms with Crippen LogP contribution in [0.1, 0.15) is 29.8 Å². The van der Waals surface area contributed by atoms with Gasteiger partial charge in [-0.25, -0.2) is 9.97 Å². The summed E-state index contributed by atoms with van der Waals surface area (Å²) in [5.74, 6) is 1.36. The van der Waals surface area contributed by atoms with E-state index >= 15 is 0 Å². The minimum atomic E-state index is -0.698. The third-order valence-electron chi connectivity index (χ3n) is 4.49. The van der Waals surface area contributed by atoms with Crippen LogP contribution in [0.4, 0.5) is 17.3 Å². The van der Waals surface area contributed by atoms with E-state index in [1.807, 2.05) is 13.0 Å². The molecular formula is C19H24N4O2. The Labute approximate surface area is 147 Å². The van der Waals surface area contributed by atoms with Crippen molar-refractivity contribution in [3.63, 3.8) is 0 Å². The Balaban J connectivity index is 1.78. The molecule has 0 amide bonds. The van der Waals surface area contributed by atoms with Crippen molar-refractivity contribution in [2.24, 2.45) is 5.92 Å². The molecule has 6 heteroatoms. The maximum atomic E-state index is 11.1. The molecule has 25 heavy (non-hydrogen) atoms. The van der Waals surface area contributed by atoms with Gasteiger partial charge >= 0.3 is 5.97 Å². The first kappa shape index (κ1) is 17.2. The van der Waals surface area contributed by atoms with Gasteiger partial charge < -0.3 is 15.3 Å². The first-order chi connectivity index (χ1) is 11.9. The largest absolute Gasteiger partial charge is 0.481 e. The maximum Gasteiger partial charge on any atom is 0.306 e. The highest BCUT2D eigenvalue weighted by molar-refractivity contribution is 5.70. The molecule has 1 aliphatic rings. The molecule has 3 rings (SSSR count). The predicted octanol–water partition coefficient (Wildman–Crippen LogP) is 3.45. The van der Waals surface area contributed by atoms with E-state index in [2.05, 4.69) is 52.2 Å². The van der Waals surface area contributed by atoms with Crippen LogP contribution in [-0.4, -0.2) is 34.1 Å². The molecule has 0 saturated carbocycles. The van der Waals surface area contributed by atoms with Crippen LogP contribution >= 0.6 is 0 Å². The summed E-state index contributed by atoms with van der Waals surface area (Å²) in [6.07, 6.45) is 1.30. The average molecular weight is 340 g/mol. The fourth-order valence-corrected chi connectivity index (χ4v) is 3.33. The van der Waals surface area contributed by atoms with Crippen molar-refractivity contribution < 1.29 is 9.90 Å². The highest BCUT2D eigenvalue weighted by atomic mass is 16.4. The number of hydrogen-bond acceptors (Lipinski definition) is 5. The van der Waals surface area contributed by atoms with E-state index in [4.69, 9.17) is 5.11 Å². The third-order valence-corrected chi connectivity index (χ3v) is 4.49. The number of aryl methyl sites for hydroxylation is 3. The van der Waals surface area contributed by atoms with Crippen molar-refractivity contribution in [2.45, 2.75) is 33.6 Å². The molecule has 2 heterocycles. The van der Waals surface area contributed by atoms with E-state index in [1.54, 1.807) is 0 Å². The Morgan fingerprint density at radius 2 is 1.72 bits per heavy atom. The number of aliphatic carboxylic acids is 1. The van der Waals surface area contributed by atoms with E-state index in [0.717, 1.165) is 17.3 Å². The normalized spacial score (nSPS) is 15.2. The lowest BCUT2D eigenvalue weighted by Crippen LogP contribution is -2.36. The Morgan fingerprint density at radius 3 is 2.32 bits per heavy atom.